The quantitative estimate of drug-likeness (QED) is 0.410. The normalized spacial score (nSPS) is 15.4. The van der Waals surface area contributed by atoms with Crippen molar-refractivity contribution in [3.05, 3.63) is 64.6 Å². The lowest BCUT2D eigenvalue weighted by atomic mass is 10.1. The number of carbonyl (C=O) groups is 1. The highest BCUT2D eigenvalue weighted by Crippen LogP contribution is 2.35. The van der Waals surface area contributed by atoms with Gasteiger partial charge < -0.3 is 9.47 Å². The molecule has 29 heavy (non-hydrogen) atoms. The van der Waals surface area contributed by atoms with Crippen molar-refractivity contribution in [2.24, 2.45) is 5.92 Å². The van der Waals surface area contributed by atoms with E-state index in [0.717, 1.165) is 17.5 Å². The summed E-state index contributed by atoms with van der Waals surface area (Å²) in [4.78, 5) is 15.1. The van der Waals surface area contributed by atoms with Crippen LogP contribution >= 0.6 is 24.0 Å². The summed E-state index contributed by atoms with van der Waals surface area (Å²) in [5.74, 6) is 1.88. The SMILES string of the molecule is COc1cc(/C=C2\SC(=S)N(Cc3ccccc3)C2=O)ccc1OCCC(C)C. The summed E-state index contributed by atoms with van der Waals surface area (Å²) in [7, 11) is 1.62. The van der Waals surface area contributed by atoms with Gasteiger partial charge in [0.2, 0.25) is 0 Å². The van der Waals surface area contributed by atoms with Crippen LogP contribution in [0.2, 0.25) is 0 Å². The number of rotatable bonds is 8. The van der Waals surface area contributed by atoms with Gasteiger partial charge in [0.05, 0.1) is 25.2 Å². The van der Waals surface area contributed by atoms with Crippen LogP contribution in [-0.2, 0) is 11.3 Å². The molecular formula is C23H25NO3S2. The maximum Gasteiger partial charge on any atom is 0.266 e. The van der Waals surface area contributed by atoms with E-state index in [1.165, 1.54) is 11.8 Å². The average Bonchev–Trinajstić information content (AvgIpc) is 2.96. The number of amides is 1. The van der Waals surface area contributed by atoms with Crippen LogP contribution in [0.15, 0.2) is 53.4 Å². The predicted molar refractivity (Wildman–Crippen MR) is 123 cm³/mol. The molecule has 2 aromatic carbocycles. The van der Waals surface area contributed by atoms with Gasteiger partial charge in [-0.2, -0.15) is 0 Å². The lowest BCUT2D eigenvalue weighted by Gasteiger charge is -2.14. The molecule has 1 fully saturated rings. The standard InChI is InChI=1S/C23H25NO3S2/c1-16(2)11-12-27-19-10-9-18(13-20(19)26-3)14-21-22(25)24(23(28)29-21)15-17-7-5-4-6-8-17/h4-10,13-14,16H,11-12,15H2,1-3H3/b21-14-. The zero-order valence-electron chi connectivity index (χ0n) is 16.9. The van der Waals surface area contributed by atoms with Gasteiger partial charge in [-0.05, 0) is 41.7 Å². The molecule has 4 nitrogen and oxygen atoms in total. The molecule has 0 bridgehead atoms. The third-order valence-electron chi connectivity index (χ3n) is 4.50. The van der Waals surface area contributed by atoms with Gasteiger partial charge in [-0.3, -0.25) is 9.69 Å². The van der Waals surface area contributed by atoms with Crippen molar-refractivity contribution in [2.45, 2.75) is 26.8 Å². The highest BCUT2D eigenvalue weighted by Gasteiger charge is 2.32. The second kappa shape index (κ2) is 9.94. The summed E-state index contributed by atoms with van der Waals surface area (Å²) >= 11 is 6.76. The maximum absolute atomic E-state index is 12.8. The van der Waals surface area contributed by atoms with E-state index in [1.54, 1.807) is 12.0 Å². The van der Waals surface area contributed by atoms with Gasteiger partial charge in [-0.15, -0.1) is 0 Å². The molecule has 0 aliphatic carbocycles. The van der Waals surface area contributed by atoms with Crippen LogP contribution < -0.4 is 9.47 Å². The van der Waals surface area contributed by atoms with E-state index in [9.17, 15) is 4.79 Å². The number of thiocarbonyl (C=S) groups is 1. The Balaban J connectivity index is 1.74. The van der Waals surface area contributed by atoms with Crippen molar-refractivity contribution in [3.63, 3.8) is 0 Å². The van der Waals surface area contributed by atoms with Gasteiger partial charge in [0, 0.05) is 0 Å². The second-order valence-corrected chi connectivity index (χ2v) is 8.87. The number of methoxy groups -OCH3 is 1. The van der Waals surface area contributed by atoms with Gasteiger partial charge in [0.25, 0.3) is 5.91 Å². The van der Waals surface area contributed by atoms with Crippen LogP contribution in [0.1, 0.15) is 31.4 Å². The first-order chi connectivity index (χ1) is 14.0. The Kier molecular flexibility index (Phi) is 7.34. The Bertz CT molecular complexity index is 910. The molecule has 1 heterocycles. The Morgan fingerprint density at radius 3 is 2.59 bits per heavy atom. The Hall–Kier alpha value is -2.31. The van der Waals surface area contributed by atoms with Gasteiger partial charge in [-0.1, -0.05) is 74.2 Å². The monoisotopic (exact) mass is 427 g/mol. The van der Waals surface area contributed by atoms with Crippen LogP contribution in [0.3, 0.4) is 0 Å². The highest BCUT2D eigenvalue weighted by atomic mass is 32.2. The summed E-state index contributed by atoms with van der Waals surface area (Å²) in [5.41, 5.74) is 1.92. The predicted octanol–water partition coefficient (Wildman–Crippen LogP) is 5.52. The number of hydrogen-bond acceptors (Lipinski definition) is 5. The van der Waals surface area contributed by atoms with Crippen molar-refractivity contribution in [1.82, 2.24) is 4.90 Å². The van der Waals surface area contributed by atoms with Gasteiger partial charge in [0.1, 0.15) is 4.32 Å². The molecule has 152 valence electrons. The minimum absolute atomic E-state index is 0.0694. The first-order valence-electron chi connectivity index (χ1n) is 9.58. The van der Waals surface area contributed by atoms with E-state index >= 15 is 0 Å². The number of ether oxygens (including phenoxy) is 2. The molecule has 6 heteroatoms. The molecule has 1 amide bonds. The fourth-order valence-electron chi connectivity index (χ4n) is 2.85. The number of nitrogens with zero attached hydrogens (tertiary/aromatic N) is 1. The molecule has 1 aliphatic heterocycles. The third kappa shape index (κ3) is 5.61. The minimum atomic E-state index is -0.0694. The van der Waals surface area contributed by atoms with Crippen LogP contribution in [0.25, 0.3) is 6.08 Å². The molecule has 1 aliphatic rings. The lowest BCUT2D eigenvalue weighted by Crippen LogP contribution is -2.27. The van der Waals surface area contributed by atoms with Crippen LogP contribution in [-0.4, -0.2) is 28.8 Å². The molecule has 0 saturated carbocycles. The van der Waals surface area contributed by atoms with Gasteiger partial charge >= 0.3 is 0 Å². The van der Waals surface area contributed by atoms with E-state index in [0.29, 0.717) is 39.8 Å². The molecule has 3 rings (SSSR count). The zero-order valence-corrected chi connectivity index (χ0v) is 18.5. The number of carbonyl (C=O) groups excluding carboxylic acids is 1. The third-order valence-corrected chi connectivity index (χ3v) is 5.87. The first kappa shape index (κ1) is 21.4. The molecular weight excluding hydrogens is 402 g/mol. The molecule has 0 unspecified atom stereocenters. The lowest BCUT2D eigenvalue weighted by molar-refractivity contribution is -0.122. The fourth-order valence-corrected chi connectivity index (χ4v) is 4.11. The highest BCUT2D eigenvalue weighted by molar-refractivity contribution is 8.26. The van der Waals surface area contributed by atoms with E-state index < -0.39 is 0 Å². The first-order valence-corrected chi connectivity index (χ1v) is 10.8. The average molecular weight is 428 g/mol. The largest absolute Gasteiger partial charge is 0.493 e. The minimum Gasteiger partial charge on any atom is -0.493 e. The summed E-state index contributed by atoms with van der Waals surface area (Å²) in [6, 6.07) is 15.6. The summed E-state index contributed by atoms with van der Waals surface area (Å²) in [6.45, 7) is 5.45. The summed E-state index contributed by atoms with van der Waals surface area (Å²) in [5, 5.41) is 0. The molecule has 0 radical (unpaired) electrons. The van der Waals surface area contributed by atoms with Crippen LogP contribution in [0.5, 0.6) is 11.5 Å². The van der Waals surface area contributed by atoms with E-state index in [1.807, 2.05) is 54.6 Å². The number of hydrogen-bond donors (Lipinski definition) is 0. The van der Waals surface area contributed by atoms with Crippen LogP contribution in [0.4, 0.5) is 0 Å². The van der Waals surface area contributed by atoms with Gasteiger partial charge in [0.15, 0.2) is 11.5 Å². The number of thioether (sulfide) groups is 1. The van der Waals surface area contributed by atoms with Crippen molar-refractivity contribution >= 4 is 40.3 Å². The summed E-state index contributed by atoms with van der Waals surface area (Å²) in [6.07, 6.45) is 2.83. The molecule has 0 spiro atoms. The fraction of sp³-hybridized carbons (Fsp3) is 0.304. The van der Waals surface area contributed by atoms with E-state index in [4.69, 9.17) is 21.7 Å². The Morgan fingerprint density at radius 1 is 1.14 bits per heavy atom. The van der Waals surface area contributed by atoms with E-state index in [-0.39, 0.29) is 5.91 Å². The molecule has 0 aromatic heterocycles. The van der Waals surface area contributed by atoms with Crippen molar-refractivity contribution in [1.29, 1.82) is 0 Å². The smallest absolute Gasteiger partial charge is 0.266 e. The van der Waals surface area contributed by atoms with Crippen LogP contribution in [0, 0.1) is 5.92 Å². The number of benzene rings is 2. The maximum atomic E-state index is 12.8. The van der Waals surface area contributed by atoms with Crippen molar-refractivity contribution in [3.8, 4) is 11.5 Å². The Labute approximate surface area is 181 Å². The van der Waals surface area contributed by atoms with Crippen molar-refractivity contribution < 1.29 is 14.3 Å². The van der Waals surface area contributed by atoms with E-state index in [2.05, 4.69) is 13.8 Å². The van der Waals surface area contributed by atoms with Crippen molar-refractivity contribution in [2.75, 3.05) is 13.7 Å². The molecule has 2 aromatic rings. The topological polar surface area (TPSA) is 38.8 Å². The summed E-state index contributed by atoms with van der Waals surface area (Å²) < 4.78 is 11.9. The second-order valence-electron chi connectivity index (χ2n) is 7.19. The zero-order chi connectivity index (χ0) is 20.8. The Morgan fingerprint density at radius 2 is 1.90 bits per heavy atom. The van der Waals surface area contributed by atoms with Gasteiger partial charge in [-0.25, -0.2) is 0 Å². The molecule has 0 N–H and O–H groups in total. The molecule has 0 atom stereocenters. The molecule has 1 saturated heterocycles.